The fourth-order valence-corrected chi connectivity index (χ4v) is 2.90. The summed E-state index contributed by atoms with van der Waals surface area (Å²) >= 11 is 0. The Kier molecular flexibility index (Phi) is 8.85. The largest absolute Gasteiger partial charge is 0.378 e. The minimum absolute atomic E-state index is 0. The van der Waals surface area contributed by atoms with Crippen LogP contribution in [0.15, 0.2) is 42.7 Å². The maximum Gasteiger partial charge on any atom is 0.255 e. The molecule has 7 heteroatoms. The van der Waals surface area contributed by atoms with Crippen molar-refractivity contribution in [2.24, 2.45) is 0 Å². The lowest BCUT2D eigenvalue weighted by Crippen LogP contribution is -2.34. The fourth-order valence-electron chi connectivity index (χ4n) is 2.90. The molecule has 0 spiro atoms. The number of pyridine rings is 1. The van der Waals surface area contributed by atoms with Gasteiger partial charge in [0.15, 0.2) is 0 Å². The first-order valence-corrected chi connectivity index (χ1v) is 8.38. The van der Waals surface area contributed by atoms with Gasteiger partial charge in [-0.2, -0.15) is 0 Å². The molecule has 0 unspecified atom stereocenters. The zero-order valence-electron chi connectivity index (χ0n) is 15.1. The van der Waals surface area contributed by atoms with Crippen LogP contribution in [0, 0.1) is 0 Å². The predicted octanol–water partition coefficient (Wildman–Crippen LogP) is 3.09. The highest BCUT2D eigenvalue weighted by molar-refractivity contribution is 5.95. The van der Waals surface area contributed by atoms with Gasteiger partial charge in [-0.15, -0.1) is 24.8 Å². The zero-order valence-corrected chi connectivity index (χ0v) is 16.8. The molecule has 0 saturated carbocycles. The van der Waals surface area contributed by atoms with Crippen LogP contribution in [0.1, 0.15) is 16.8 Å². The van der Waals surface area contributed by atoms with E-state index in [1.807, 2.05) is 31.3 Å². The van der Waals surface area contributed by atoms with Gasteiger partial charge in [0.2, 0.25) is 0 Å². The lowest BCUT2D eigenvalue weighted by atomic mass is 10.0. The third-order valence-corrected chi connectivity index (χ3v) is 4.33. The molecule has 0 radical (unpaired) electrons. The molecule has 1 saturated heterocycles. The Labute approximate surface area is 167 Å². The Bertz CT molecular complexity index is 699. The number of carbonyl (C=O) groups is 1. The van der Waals surface area contributed by atoms with Crippen LogP contribution >= 0.6 is 24.8 Å². The van der Waals surface area contributed by atoms with Gasteiger partial charge in [-0.05, 0) is 36.7 Å². The number of nitrogens with one attached hydrogen (secondary N) is 1. The van der Waals surface area contributed by atoms with Crippen LogP contribution in [0.2, 0.25) is 0 Å². The van der Waals surface area contributed by atoms with Crippen LogP contribution in [0.3, 0.4) is 0 Å². The molecule has 1 aromatic heterocycles. The molecule has 2 aromatic rings. The SMILES string of the molecule is CN(C)c1ccc(-c2cncc(C(=O)N3CCCNCC3)c2)cc1.Cl.Cl. The molecule has 1 fully saturated rings. The van der Waals surface area contributed by atoms with Gasteiger partial charge in [0, 0.05) is 57.4 Å². The quantitative estimate of drug-likeness (QED) is 0.865. The number of rotatable bonds is 3. The highest BCUT2D eigenvalue weighted by Gasteiger charge is 2.17. The number of anilines is 1. The van der Waals surface area contributed by atoms with E-state index in [1.54, 1.807) is 6.20 Å². The molecule has 1 aliphatic rings. The summed E-state index contributed by atoms with van der Waals surface area (Å²) in [5.74, 6) is 0.0676. The van der Waals surface area contributed by atoms with Gasteiger partial charge in [0.25, 0.3) is 5.91 Å². The van der Waals surface area contributed by atoms with Gasteiger partial charge in [-0.25, -0.2) is 0 Å². The maximum atomic E-state index is 12.7. The third kappa shape index (κ3) is 5.34. The van der Waals surface area contributed by atoms with Crippen LogP contribution in [0.4, 0.5) is 5.69 Å². The van der Waals surface area contributed by atoms with E-state index in [0.29, 0.717) is 5.56 Å². The lowest BCUT2D eigenvalue weighted by Gasteiger charge is -2.20. The summed E-state index contributed by atoms with van der Waals surface area (Å²) in [7, 11) is 4.04. The number of halogens is 2. The van der Waals surface area contributed by atoms with Gasteiger partial charge in [0.1, 0.15) is 0 Å². The summed E-state index contributed by atoms with van der Waals surface area (Å²) in [5.41, 5.74) is 3.85. The van der Waals surface area contributed by atoms with Crippen molar-refractivity contribution in [2.45, 2.75) is 6.42 Å². The average molecular weight is 397 g/mol. The number of hydrogen-bond acceptors (Lipinski definition) is 4. The van der Waals surface area contributed by atoms with Gasteiger partial charge in [-0.1, -0.05) is 12.1 Å². The average Bonchev–Trinajstić information content (AvgIpc) is 2.90. The van der Waals surface area contributed by atoms with Crippen LogP contribution in [-0.4, -0.2) is 56.1 Å². The highest BCUT2D eigenvalue weighted by atomic mass is 35.5. The first kappa shape index (κ1) is 22.2. The summed E-state index contributed by atoms with van der Waals surface area (Å²) in [5, 5.41) is 3.32. The standard InChI is InChI=1S/C19H24N4O.2ClH/c1-22(2)18-6-4-15(5-7-18)16-12-17(14-21-13-16)19(24)23-10-3-8-20-9-11-23;;/h4-7,12-14,20H,3,8-11H2,1-2H3;2*1H. The Balaban J connectivity index is 0.00000169. The predicted molar refractivity (Wildman–Crippen MR) is 112 cm³/mol. The van der Waals surface area contributed by atoms with Gasteiger partial charge >= 0.3 is 0 Å². The Hall–Kier alpha value is -1.82. The molecule has 142 valence electrons. The molecule has 26 heavy (non-hydrogen) atoms. The van der Waals surface area contributed by atoms with Crippen molar-refractivity contribution >= 4 is 36.4 Å². The fraction of sp³-hybridized carbons (Fsp3) is 0.368. The van der Waals surface area contributed by atoms with Crippen LogP contribution < -0.4 is 10.2 Å². The van der Waals surface area contributed by atoms with E-state index in [9.17, 15) is 4.79 Å². The molecule has 3 rings (SSSR count). The van der Waals surface area contributed by atoms with E-state index in [0.717, 1.165) is 49.4 Å². The first-order chi connectivity index (χ1) is 11.6. The maximum absolute atomic E-state index is 12.7. The molecule has 0 aliphatic carbocycles. The molecule has 1 aromatic carbocycles. The van der Waals surface area contributed by atoms with Crippen LogP contribution in [0.5, 0.6) is 0 Å². The summed E-state index contributed by atoms with van der Waals surface area (Å²) in [4.78, 5) is 21.0. The van der Waals surface area contributed by atoms with Crippen molar-refractivity contribution in [3.63, 3.8) is 0 Å². The van der Waals surface area contributed by atoms with Gasteiger partial charge in [0.05, 0.1) is 5.56 Å². The molecule has 2 heterocycles. The van der Waals surface area contributed by atoms with Gasteiger partial charge in [-0.3, -0.25) is 9.78 Å². The highest BCUT2D eigenvalue weighted by Crippen LogP contribution is 2.23. The Morgan fingerprint density at radius 2 is 1.77 bits per heavy atom. The molecular weight excluding hydrogens is 371 g/mol. The number of nitrogens with zero attached hydrogens (tertiary/aromatic N) is 3. The van der Waals surface area contributed by atoms with Crippen molar-refractivity contribution in [1.29, 1.82) is 0 Å². The number of benzene rings is 1. The minimum Gasteiger partial charge on any atom is -0.378 e. The number of carbonyl (C=O) groups excluding carboxylic acids is 1. The zero-order chi connectivity index (χ0) is 16.9. The van der Waals surface area contributed by atoms with E-state index in [1.165, 1.54) is 0 Å². The summed E-state index contributed by atoms with van der Waals surface area (Å²) in [6.07, 6.45) is 4.47. The van der Waals surface area contributed by atoms with E-state index in [4.69, 9.17) is 0 Å². The molecule has 5 nitrogen and oxygen atoms in total. The van der Waals surface area contributed by atoms with Crippen molar-refractivity contribution in [1.82, 2.24) is 15.2 Å². The topological polar surface area (TPSA) is 48.5 Å². The number of aromatic nitrogens is 1. The second-order valence-electron chi connectivity index (χ2n) is 6.30. The van der Waals surface area contributed by atoms with E-state index < -0.39 is 0 Å². The third-order valence-electron chi connectivity index (χ3n) is 4.33. The minimum atomic E-state index is 0. The molecule has 0 atom stereocenters. The number of hydrogen-bond donors (Lipinski definition) is 1. The second-order valence-corrected chi connectivity index (χ2v) is 6.30. The molecule has 1 aliphatic heterocycles. The molecule has 0 bridgehead atoms. The van der Waals surface area contributed by atoms with E-state index >= 15 is 0 Å². The van der Waals surface area contributed by atoms with E-state index in [-0.39, 0.29) is 30.7 Å². The van der Waals surface area contributed by atoms with Crippen molar-refractivity contribution in [3.8, 4) is 11.1 Å². The Morgan fingerprint density at radius 3 is 2.46 bits per heavy atom. The number of amides is 1. The smallest absolute Gasteiger partial charge is 0.255 e. The second kappa shape index (κ2) is 10.4. The summed E-state index contributed by atoms with van der Waals surface area (Å²) < 4.78 is 0. The van der Waals surface area contributed by atoms with Crippen molar-refractivity contribution in [2.75, 3.05) is 45.2 Å². The molecule has 1 amide bonds. The molecular formula is C19H26Cl2N4O. The van der Waals surface area contributed by atoms with Gasteiger partial charge < -0.3 is 15.1 Å². The van der Waals surface area contributed by atoms with E-state index in [2.05, 4.69) is 39.5 Å². The lowest BCUT2D eigenvalue weighted by molar-refractivity contribution is 0.0766. The van der Waals surface area contributed by atoms with Crippen molar-refractivity contribution in [3.05, 3.63) is 48.3 Å². The summed E-state index contributed by atoms with van der Waals surface area (Å²) in [6.45, 7) is 3.37. The normalized spacial score (nSPS) is 13.8. The van der Waals surface area contributed by atoms with Crippen LogP contribution in [0.25, 0.3) is 11.1 Å². The van der Waals surface area contributed by atoms with Crippen LogP contribution in [-0.2, 0) is 0 Å². The Morgan fingerprint density at radius 1 is 1.04 bits per heavy atom. The monoisotopic (exact) mass is 396 g/mol. The summed E-state index contributed by atoms with van der Waals surface area (Å²) in [6, 6.07) is 10.2. The van der Waals surface area contributed by atoms with Crippen molar-refractivity contribution < 1.29 is 4.79 Å². The molecule has 1 N–H and O–H groups in total. The first-order valence-electron chi connectivity index (χ1n) is 8.38.